The highest BCUT2D eigenvalue weighted by Crippen LogP contribution is 2.26. The molecule has 2 rings (SSSR count). The van der Waals surface area contributed by atoms with Gasteiger partial charge in [0.25, 0.3) is 0 Å². The minimum atomic E-state index is -1.10. The van der Waals surface area contributed by atoms with Crippen LogP contribution in [0.4, 0.5) is 0 Å². The Bertz CT molecular complexity index is 599. The highest BCUT2D eigenvalue weighted by molar-refractivity contribution is 6.32. The van der Waals surface area contributed by atoms with E-state index in [9.17, 15) is 4.79 Å². The van der Waals surface area contributed by atoms with E-state index in [1.165, 1.54) is 12.3 Å². The summed E-state index contributed by atoms with van der Waals surface area (Å²) in [4.78, 5) is 14.9. The largest absolute Gasteiger partial charge is 0.497 e. The van der Waals surface area contributed by atoms with Gasteiger partial charge in [0.15, 0.2) is 0 Å². The lowest BCUT2D eigenvalue weighted by molar-refractivity contribution is 0.0696. The van der Waals surface area contributed by atoms with Crippen LogP contribution in [-0.4, -0.2) is 23.2 Å². The maximum absolute atomic E-state index is 11.0. The van der Waals surface area contributed by atoms with Crippen LogP contribution in [0.2, 0.25) is 5.15 Å². The van der Waals surface area contributed by atoms with Gasteiger partial charge in [0.2, 0.25) is 0 Å². The molecular formula is C13H10ClNO3. The molecule has 0 aliphatic rings. The lowest BCUT2D eigenvalue weighted by atomic mass is 10.1. The van der Waals surface area contributed by atoms with E-state index < -0.39 is 5.97 Å². The van der Waals surface area contributed by atoms with Gasteiger partial charge in [-0.2, -0.15) is 0 Å². The van der Waals surface area contributed by atoms with Crippen LogP contribution in [0, 0.1) is 0 Å². The van der Waals surface area contributed by atoms with Crippen molar-refractivity contribution in [3.05, 3.63) is 47.2 Å². The van der Waals surface area contributed by atoms with Crippen molar-refractivity contribution in [2.75, 3.05) is 7.11 Å². The summed E-state index contributed by atoms with van der Waals surface area (Å²) in [6.45, 7) is 0. The molecule has 0 radical (unpaired) electrons. The van der Waals surface area contributed by atoms with Crippen molar-refractivity contribution < 1.29 is 14.6 Å². The number of aromatic nitrogens is 1. The predicted molar refractivity (Wildman–Crippen MR) is 68.2 cm³/mol. The van der Waals surface area contributed by atoms with Crippen LogP contribution in [0.3, 0.4) is 0 Å². The summed E-state index contributed by atoms with van der Waals surface area (Å²) in [6.07, 6.45) is 1.53. The van der Waals surface area contributed by atoms with E-state index >= 15 is 0 Å². The summed E-state index contributed by atoms with van der Waals surface area (Å²) in [7, 11) is 1.57. The minimum Gasteiger partial charge on any atom is -0.497 e. The number of methoxy groups -OCH3 is 1. The number of ether oxygens (including phenoxy) is 1. The first-order chi connectivity index (χ1) is 8.61. The molecule has 0 fully saturated rings. The number of nitrogens with zero attached hydrogens (tertiary/aromatic N) is 1. The Hall–Kier alpha value is -2.07. The molecule has 0 saturated carbocycles. The maximum Gasteiger partial charge on any atom is 0.338 e. The summed E-state index contributed by atoms with van der Waals surface area (Å²) >= 11 is 5.72. The Kier molecular flexibility index (Phi) is 3.48. The monoisotopic (exact) mass is 263 g/mol. The lowest BCUT2D eigenvalue weighted by Crippen LogP contribution is -1.99. The van der Waals surface area contributed by atoms with Crippen molar-refractivity contribution in [1.29, 1.82) is 0 Å². The van der Waals surface area contributed by atoms with Gasteiger partial charge >= 0.3 is 5.97 Å². The molecule has 4 nitrogen and oxygen atoms in total. The molecule has 1 aromatic heterocycles. The highest BCUT2D eigenvalue weighted by atomic mass is 35.5. The number of carboxylic acid groups (broad SMARTS) is 1. The Balaban J connectivity index is 2.50. The number of hydrogen-bond acceptors (Lipinski definition) is 3. The number of aromatic carboxylic acids is 1. The number of rotatable bonds is 3. The number of halogens is 1. The van der Waals surface area contributed by atoms with Gasteiger partial charge in [0.1, 0.15) is 10.9 Å². The molecule has 92 valence electrons. The van der Waals surface area contributed by atoms with Crippen LogP contribution in [0.15, 0.2) is 36.5 Å². The number of carbonyl (C=O) groups is 1. The first kappa shape index (κ1) is 12.4. The lowest BCUT2D eigenvalue weighted by Gasteiger charge is -2.06. The topological polar surface area (TPSA) is 59.4 Å². The van der Waals surface area contributed by atoms with Crippen LogP contribution < -0.4 is 4.74 Å². The molecule has 0 amide bonds. The number of benzene rings is 1. The van der Waals surface area contributed by atoms with Crippen LogP contribution in [0.1, 0.15) is 10.4 Å². The molecule has 2 aromatic rings. The van der Waals surface area contributed by atoms with Crippen molar-refractivity contribution in [2.45, 2.75) is 0 Å². The molecule has 18 heavy (non-hydrogen) atoms. The van der Waals surface area contributed by atoms with Crippen LogP contribution >= 0.6 is 11.6 Å². The second-order valence-electron chi connectivity index (χ2n) is 3.60. The van der Waals surface area contributed by atoms with Gasteiger partial charge in [-0.25, -0.2) is 9.78 Å². The quantitative estimate of drug-likeness (QED) is 0.865. The van der Waals surface area contributed by atoms with Gasteiger partial charge in [-0.3, -0.25) is 0 Å². The average molecular weight is 264 g/mol. The van der Waals surface area contributed by atoms with Gasteiger partial charge in [0, 0.05) is 11.8 Å². The van der Waals surface area contributed by atoms with Crippen LogP contribution in [0.5, 0.6) is 5.75 Å². The SMILES string of the molecule is COc1cccc(-c2cnc(Cl)c(C(=O)O)c2)c1. The molecule has 0 unspecified atom stereocenters. The first-order valence-electron chi connectivity index (χ1n) is 5.15. The summed E-state index contributed by atoms with van der Waals surface area (Å²) in [5.41, 5.74) is 1.48. The highest BCUT2D eigenvalue weighted by Gasteiger charge is 2.11. The van der Waals surface area contributed by atoms with E-state index in [1.54, 1.807) is 13.2 Å². The Morgan fingerprint density at radius 1 is 1.33 bits per heavy atom. The third kappa shape index (κ3) is 2.43. The van der Waals surface area contributed by atoms with E-state index in [0.717, 1.165) is 5.56 Å². The maximum atomic E-state index is 11.0. The number of carboxylic acids is 1. The molecule has 0 aliphatic carbocycles. The Labute approximate surface area is 109 Å². The van der Waals surface area contributed by atoms with E-state index in [0.29, 0.717) is 11.3 Å². The van der Waals surface area contributed by atoms with Crippen molar-refractivity contribution in [3.8, 4) is 16.9 Å². The first-order valence-corrected chi connectivity index (χ1v) is 5.53. The van der Waals surface area contributed by atoms with Gasteiger partial charge < -0.3 is 9.84 Å². The molecule has 5 heteroatoms. The second-order valence-corrected chi connectivity index (χ2v) is 3.96. The number of hydrogen-bond donors (Lipinski definition) is 1. The van der Waals surface area contributed by atoms with E-state index in [1.807, 2.05) is 18.2 Å². The third-order valence-corrected chi connectivity index (χ3v) is 2.77. The van der Waals surface area contributed by atoms with Crippen molar-refractivity contribution in [3.63, 3.8) is 0 Å². The average Bonchev–Trinajstić information content (AvgIpc) is 2.39. The third-order valence-electron chi connectivity index (χ3n) is 2.47. The van der Waals surface area contributed by atoms with Gasteiger partial charge in [-0.1, -0.05) is 23.7 Å². The molecule has 0 saturated heterocycles. The van der Waals surface area contributed by atoms with Crippen molar-refractivity contribution >= 4 is 17.6 Å². The zero-order chi connectivity index (χ0) is 13.1. The fourth-order valence-electron chi connectivity index (χ4n) is 1.56. The zero-order valence-corrected chi connectivity index (χ0v) is 10.3. The van der Waals surface area contributed by atoms with Crippen molar-refractivity contribution in [2.24, 2.45) is 0 Å². The summed E-state index contributed by atoms with van der Waals surface area (Å²) in [5, 5.41) is 8.97. The summed E-state index contributed by atoms with van der Waals surface area (Å²) in [6, 6.07) is 8.77. The predicted octanol–water partition coefficient (Wildman–Crippen LogP) is 3.11. The van der Waals surface area contributed by atoms with Gasteiger partial charge in [-0.15, -0.1) is 0 Å². The minimum absolute atomic E-state index is 0.0167. The Morgan fingerprint density at radius 2 is 2.11 bits per heavy atom. The number of pyridine rings is 1. The van der Waals surface area contributed by atoms with Gasteiger partial charge in [-0.05, 0) is 23.8 Å². The molecule has 0 bridgehead atoms. The second kappa shape index (κ2) is 5.06. The van der Waals surface area contributed by atoms with Crippen LogP contribution in [-0.2, 0) is 0 Å². The van der Waals surface area contributed by atoms with E-state index in [4.69, 9.17) is 21.4 Å². The molecule has 0 spiro atoms. The van der Waals surface area contributed by atoms with Crippen LogP contribution in [0.25, 0.3) is 11.1 Å². The normalized spacial score (nSPS) is 10.1. The molecule has 1 N–H and O–H groups in total. The smallest absolute Gasteiger partial charge is 0.338 e. The van der Waals surface area contributed by atoms with Gasteiger partial charge in [0.05, 0.1) is 12.7 Å². The van der Waals surface area contributed by atoms with E-state index in [-0.39, 0.29) is 10.7 Å². The zero-order valence-electron chi connectivity index (χ0n) is 9.55. The Morgan fingerprint density at radius 3 is 2.78 bits per heavy atom. The molecule has 1 heterocycles. The fourth-order valence-corrected chi connectivity index (χ4v) is 1.74. The van der Waals surface area contributed by atoms with E-state index in [2.05, 4.69) is 4.98 Å². The molecule has 1 aromatic carbocycles. The molecule has 0 aliphatic heterocycles. The molecule has 0 atom stereocenters. The summed E-state index contributed by atoms with van der Waals surface area (Å²) in [5.74, 6) is -0.406. The fraction of sp³-hybridized carbons (Fsp3) is 0.0769. The van der Waals surface area contributed by atoms with Crippen molar-refractivity contribution in [1.82, 2.24) is 4.98 Å². The summed E-state index contributed by atoms with van der Waals surface area (Å²) < 4.78 is 5.11. The standard InChI is InChI=1S/C13H10ClNO3/c1-18-10-4-2-3-8(5-10)9-6-11(13(16)17)12(14)15-7-9/h2-7H,1H3,(H,16,17). The molecular weight excluding hydrogens is 254 g/mol.